The van der Waals surface area contributed by atoms with Crippen LogP contribution in [0.15, 0.2) is 48.9 Å². The number of methoxy groups -OCH3 is 1. The first kappa shape index (κ1) is 22.8. The second-order valence-corrected chi connectivity index (χ2v) is 7.31. The maximum atomic E-state index is 12.7. The summed E-state index contributed by atoms with van der Waals surface area (Å²) >= 11 is 0. The lowest BCUT2D eigenvalue weighted by atomic mass is 10.1. The molecule has 0 saturated heterocycles. The van der Waals surface area contributed by atoms with Gasteiger partial charge < -0.3 is 15.4 Å². The highest BCUT2D eigenvalue weighted by atomic mass is 19.1. The number of Topliss-reactive ketones (excluding diaryl/α,β-unsaturated/α-hetero) is 1. The highest BCUT2D eigenvalue weighted by Gasteiger charge is 2.18. The first-order valence-electron chi connectivity index (χ1n) is 10.5. The fourth-order valence-electron chi connectivity index (χ4n) is 3.31. The number of anilines is 4. The van der Waals surface area contributed by atoms with Crippen molar-refractivity contribution in [3.05, 3.63) is 60.2 Å². The molecule has 0 fully saturated rings. The van der Waals surface area contributed by atoms with Gasteiger partial charge in [-0.05, 0) is 24.3 Å². The van der Waals surface area contributed by atoms with Crippen LogP contribution in [0.5, 0.6) is 5.75 Å². The van der Waals surface area contributed by atoms with Gasteiger partial charge in [-0.3, -0.25) is 9.48 Å². The van der Waals surface area contributed by atoms with Crippen molar-refractivity contribution in [2.24, 2.45) is 7.05 Å². The Labute approximate surface area is 195 Å². The molecule has 3 heterocycles. The second-order valence-electron chi connectivity index (χ2n) is 7.31. The van der Waals surface area contributed by atoms with Gasteiger partial charge in [-0.15, -0.1) is 5.10 Å². The number of ketones is 1. The van der Waals surface area contributed by atoms with Gasteiger partial charge in [0.15, 0.2) is 23.2 Å². The molecule has 174 valence electrons. The normalized spacial score (nSPS) is 10.7. The fourth-order valence-corrected chi connectivity index (χ4v) is 3.31. The van der Waals surface area contributed by atoms with E-state index in [4.69, 9.17) is 4.74 Å². The molecule has 3 aromatic heterocycles. The van der Waals surface area contributed by atoms with E-state index in [9.17, 15) is 9.18 Å². The summed E-state index contributed by atoms with van der Waals surface area (Å²) in [6.45, 7) is 1.09. The zero-order valence-corrected chi connectivity index (χ0v) is 18.9. The third-order valence-corrected chi connectivity index (χ3v) is 4.97. The second kappa shape index (κ2) is 10.0. The van der Waals surface area contributed by atoms with E-state index in [1.165, 1.54) is 12.3 Å². The zero-order valence-electron chi connectivity index (χ0n) is 18.9. The van der Waals surface area contributed by atoms with Gasteiger partial charge in [0.2, 0.25) is 0 Å². The molecular weight excluding hydrogens is 439 g/mol. The van der Waals surface area contributed by atoms with Crippen molar-refractivity contribution in [3.8, 4) is 17.1 Å². The number of ether oxygens (including phenoxy) is 1. The summed E-state index contributed by atoms with van der Waals surface area (Å²) in [5.41, 5.74) is 2.52. The molecule has 0 aliphatic heterocycles. The molecule has 11 heteroatoms. The Hall–Kier alpha value is -4.41. The number of benzene rings is 1. The molecule has 10 nitrogen and oxygen atoms in total. The predicted molar refractivity (Wildman–Crippen MR) is 125 cm³/mol. The third-order valence-electron chi connectivity index (χ3n) is 4.97. The van der Waals surface area contributed by atoms with Crippen LogP contribution in [0, 0.1) is 0 Å². The minimum atomic E-state index is -0.692. The van der Waals surface area contributed by atoms with Crippen LogP contribution >= 0.6 is 0 Å². The number of pyridine rings is 1. The Morgan fingerprint density at radius 1 is 1.09 bits per heavy atom. The van der Waals surface area contributed by atoms with E-state index < -0.39 is 6.67 Å². The van der Waals surface area contributed by atoms with E-state index in [-0.39, 0.29) is 11.5 Å². The Kier molecular flexibility index (Phi) is 6.72. The van der Waals surface area contributed by atoms with Gasteiger partial charge >= 0.3 is 0 Å². The lowest BCUT2D eigenvalue weighted by Gasteiger charge is -2.17. The highest BCUT2D eigenvalue weighted by Crippen LogP contribution is 2.37. The van der Waals surface area contributed by atoms with E-state index in [0.717, 1.165) is 0 Å². The minimum Gasteiger partial charge on any atom is -0.494 e. The van der Waals surface area contributed by atoms with E-state index >= 15 is 0 Å². The number of carbonyl (C=O) groups is 1. The molecule has 4 rings (SSSR count). The molecule has 0 unspecified atom stereocenters. The summed E-state index contributed by atoms with van der Waals surface area (Å²) in [4.78, 5) is 21.2. The fraction of sp³-hybridized carbons (Fsp3) is 0.217. The van der Waals surface area contributed by atoms with Crippen LogP contribution in [-0.2, 0) is 13.7 Å². The van der Waals surface area contributed by atoms with Crippen molar-refractivity contribution in [2.45, 2.75) is 20.0 Å². The number of para-hydroxylation sites is 1. The number of halogens is 1. The Morgan fingerprint density at radius 2 is 1.94 bits per heavy atom. The topological polar surface area (TPSA) is 120 Å². The van der Waals surface area contributed by atoms with Crippen LogP contribution in [0.2, 0.25) is 0 Å². The average Bonchev–Trinajstić information content (AvgIpc) is 3.30. The first-order chi connectivity index (χ1) is 16.5. The van der Waals surface area contributed by atoms with E-state index in [0.29, 0.717) is 52.1 Å². The Morgan fingerprint density at radius 3 is 2.59 bits per heavy atom. The molecule has 0 radical (unpaired) electrons. The molecule has 0 atom stereocenters. The quantitative estimate of drug-likeness (QED) is 0.352. The van der Waals surface area contributed by atoms with Crippen LogP contribution in [-0.4, -0.2) is 42.8 Å². The van der Waals surface area contributed by atoms with Crippen molar-refractivity contribution in [2.75, 3.05) is 17.7 Å². The minimum absolute atomic E-state index is 0.0739. The van der Waals surface area contributed by atoms with Crippen molar-refractivity contribution >= 4 is 28.8 Å². The molecule has 0 amide bonds. The van der Waals surface area contributed by atoms with Crippen molar-refractivity contribution in [3.63, 3.8) is 0 Å². The smallest absolute Gasteiger partial charge is 0.184 e. The van der Waals surface area contributed by atoms with Gasteiger partial charge in [-0.1, -0.05) is 13.0 Å². The average molecular weight is 462 g/mol. The molecular formula is C23H23FN8O2. The molecule has 0 aliphatic rings. The van der Waals surface area contributed by atoms with Gasteiger partial charge in [-0.25, -0.2) is 14.4 Å². The van der Waals surface area contributed by atoms with Gasteiger partial charge in [0.05, 0.1) is 35.3 Å². The lowest BCUT2D eigenvalue weighted by Crippen LogP contribution is -2.07. The molecule has 0 aliphatic carbocycles. The molecule has 0 saturated carbocycles. The van der Waals surface area contributed by atoms with Crippen LogP contribution in [0.25, 0.3) is 11.4 Å². The van der Waals surface area contributed by atoms with Gasteiger partial charge in [0, 0.05) is 25.7 Å². The number of aryl methyl sites for hydroxylation is 1. The highest BCUT2D eigenvalue weighted by molar-refractivity contribution is 6.02. The van der Waals surface area contributed by atoms with E-state index in [2.05, 4.69) is 35.9 Å². The van der Waals surface area contributed by atoms with E-state index in [1.54, 1.807) is 44.2 Å². The monoisotopic (exact) mass is 462 g/mol. The summed E-state index contributed by atoms with van der Waals surface area (Å²) in [6.07, 6.45) is 3.42. The molecule has 0 spiro atoms. The van der Waals surface area contributed by atoms with Crippen LogP contribution < -0.4 is 15.4 Å². The number of carbonyl (C=O) groups excluding carboxylic acids is 1. The molecule has 1 aromatic carbocycles. The van der Waals surface area contributed by atoms with Gasteiger partial charge in [0.25, 0.3) is 0 Å². The van der Waals surface area contributed by atoms with Gasteiger partial charge in [-0.2, -0.15) is 10.2 Å². The Balaban J connectivity index is 1.71. The predicted octanol–water partition coefficient (Wildman–Crippen LogP) is 4.23. The molecule has 0 bridgehead atoms. The van der Waals surface area contributed by atoms with Crippen LogP contribution in [0.4, 0.5) is 27.4 Å². The summed E-state index contributed by atoms with van der Waals surface area (Å²) < 4.78 is 20.0. The van der Waals surface area contributed by atoms with E-state index in [1.807, 2.05) is 18.2 Å². The molecule has 2 N–H and O–H groups in total. The molecule has 34 heavy (non-hydrogen) atoms. The van der Waals surface area contributed by atoms with Crippen molar-refractivity contribution in [1.29, 1.82) is 0 Å². The summed E-state index contributed by atoms with van der Waals surface area (Å²) in [5.74, 6) is 1.79. The summed E-state index contributed by atoms with van der Waals surface area (Å²) in [7, 11) is 3.35. The number of hydrogen-bond donors (Lipinski definition) is 2. The standard InChI is InChI=1S/C23H23FN8O2/c1-4-19(33)16-12-25-21(28-20-9-8-14(11-24)29-30-20)10-18(16)27-17-7-5-6-15(22(17)34-3)23-26-13-32(2)31-23/h5-10,12-13H,4,11H2,1-3H3,(H2,25,27,28,30). The number of aromatic nitrogens is 6. The Bertz CT molecular complexity index is 1310. The maximum absolute atomic E-state index is 12.7. The number of hydrogen-bond acceptors (Lipinski definition) is 9. The lowest BCUT2D eigenvalue weighted by molar-refractivity contribution is 0.0988. The number of nitrogens with zero attached hydrogens (tertiary/aromatic N) is 6. The summed E-state index contributed by atoms with van der Waals surface area (Å²) in [5, 5.41) is 18.4. The van der Waals surface area contributed by atoms with Crippen molar-refractivity contribution < 1.29 is 13.9 Å². The van der Waals surface area contributed by atoms with Crippen LogP contribution in [0.1, 0.15) is 29.4 Å². The number of alkyl halides is 1. The number of nitrogens with one attached hydrogen (secondary N) is 2. The summed E-state index contributed by atoms with van der Waals surface area (Å²) in [6, 6.07) is 10.4. The number of rotatable bonds is 9. The third kappa shape index (κ3) is 4.82. The van der Waals surface area contributed by atoms with Crippen molar-refractivity contribution in [1.82, 2.24) is 29.9 Å². The first-order valence-corrected chi connectivity index (χ1v) is 10.5. The largest absolute Gasteiger partial charge is 0.494 e. The van der Waals surface area contributed by atoms with Gasteiger partial charge in [0.1, 0.15) is 18.8 Å². The van der Waals surface area contributed by atoms with Crippen LogP contribution in [0.3, 0.4) is 0 Å². The SMILES string of the molecule is CCC(=O)c1cnc(Nc2ccc(CF)nn2)cc1Nc1cccc(-c2ncn(C)n2)c1OC. The maximum Gasteiger partial charge on any atom is 0.184 e. The zero-order chi connectivity index (χ0) is 24.1. The molecule has 4 aromatic rings.